The lowest BCUT2D eigenvalue weighted by molar-refractivity contribution is -0.138. The van der Waals surface area contributed by atoms with Gasteiger partial charge in [0.25, 0.3) is 0 Å². The fourth-order valence-electron chi connectivity index (χ4n) is 11.8. The van der Waals surface area contributed by atoms with E-state index in [1.165, 1.54) is 60.7 Å². The molecule has 0 bridgehead atoms. The van der Waals surface area contributed by atoms with E-state index in [9.17, 15) is 92.2 Å². The molecule has 0 aliphatic rings. The van der Waals surface area contributed by atoms with Crippen LogP contribution in [0.2, 0.25) is 0 Å². The first-order valence-electron chi connectivity index (χ1n) is 35.9. The fourth-order valence-corrected chi connectivity index (χ4v) is 22.4. The Labute approximate surface area is 697 Å². The molecule has 0 spiro atoms. The summed E-state index contributed by atoms with van der Waals surface area (Å²) in [7, 11) is -4.30. The molecular weight excluding hydrogens is 1700 g/mol. The van der Waals surface area contributed by atoms with Gasteiger partial charge < -0.3 is 0 Å². The Hall–Kier alpha value is -11.4. The van der Waals surface area contributed by atoms with Crippen LogP contribution < -0.4 is 0 Å². The molecule has 0 radical (unpaired) electrons. The fraction of sp³-hybridized carbons (Fsp3) is 0.0526. The van der Waals surface area contributed by atoms with Gasteiger partial charge in [0.05, 0.1) is 71.2 Å². The second kappa shape index (κ2) is 40.8. The molecule has 0 saturated heterocycles. The topological polar surface area (TPSA) is 0 Å². The van der Waals surface area contributed by atoms with E-state index in [4.69, 9.17) is 0 Å². The zero-order valence-corrected chi connectivity index (χ0v) is 67.0. The summed E-state index contributed by atoms with van der Waals surface area (Å²) in [5, 5.41) is 0. The number of aryl methyl sites for hydroxylation is 2. The van der Waals surface area contributed by atoms with E-state index in [-0.39, 0.29) is 14.7 Å². The van der Waals surface area contributed by atoms with Gasteiger partial charge in [-0.3, -0.25) is 0 Å². The third-order valence-corrected chi connectivity index (χ3v) is 28.0. The molecule has 15 aromatic rings. The van der Waals surface area contributed by atoms with Gasteiger partial charge in [0.1, 0.15) is 69.8 Å². The second-order valence-electron chi connectivity index (χ2n) is 26.1. The minimum atomic E-state index is -4.45. The van der Waals surface area contributed by atoms with E-state index in [2.05, 4.69) is 0 Å². The molecule has 121 heavy (non-hydrogen) atoms. The van der Waals surface area contributed by atoms with Crippen LogP contribution in [0.5, 0.6) is 0 Å². The Morgan fingerprint density at radius 1 is 0.149 bits per heavy atom. The molecule has 0 amide bonds. The van der Waals surface area contributed by atoms with Gasteiger partial charge in [0, 0.05) is 109 Å². The molecule has 0 heterocycles. The maximum absolute atomic E-state index is 13.6. The quantitative estimate of drug-likeness (QED) is 0.0709. The Morgan fingerprint density at radius 3 is 0.430 bits per heavy atom. The van der Waals surface area contributed by atoms with Crippen molar-refractivity contribution in [1.82, 2.24) is 0 Å². The van der Waals surface area contributed by atoms with Gasteiger partial charge in [-0.15, -0.1) is 0 Å². The van der Waals surface area contributed by atoms with Crippen LogP contribution >= 0.6 is 0 Å². The van der Waals surface area contributed by atoms with Crippen LogP contribution in [-0.2, 0) is 73.0 Å². The van der Waals surface area contributed by atoms with E-state index < -0.39 is 160 Å². The standard InChI is InChI=1S/C21H15F6S.C20H16F3S.C18H9F6S.C18H11F4S.C18H13F2S/c1-14-2-8-17(9-3-14)28(18-10-4-15(5-11-18)20(22,23)24)19-12-6-16(7-13-19)21(25,26)27;1-15-7-11-18(12-8-15)24(17-5-3-2-4-6-17)19-13-9-16(10-14-19)20(21,22)23;19-10-1-11(20)5-16(4-10)25(17-6-12(21)2-13(22)7-17)18-8-14(23)3-15(24)9-18;19-12-6-13(20)9-17(8-12)23(16-4-2-1-3-5-16)18-10-14(21)7-15(22)11-18;19-14-11-15(20)13-18(12-14)21(16-7-3-1-4-8-16)17-9-5-2-6-10-17/h2-13H,1H3;2-14H,1H3;1-9H;1-11H;1-13H/q5*+1. The van der Waals surface area contributed by atoms with Crippen molar-refractivity contribution in [2.24, 2.45) is 0 Å². The van der Waals surface area contributed by atoms with E-state index in [1.807, 2.05) is 153 Å². The van der Waals surface area contributed by atoms with Crippen molar-refractivity contribution >= 4 is 54.5 Å². The summed E-state index contributed by atoms with van der Waals surface area (Å²) in [5.74, 6) is -9.51. The van der Waals surface area contributed by atoms with Crippen LogP contribution in [0.15, 0.2) is 425 Å². The number of hydrogen-bond acceptors (Lipinski definition) is 0. The van der Waals surface area contributed by atoms with Gasteiger partial charge in [-0.25, -0.2) is 52.7 Å². The first-order valence-corrected chi connectivity index (χ1v) is 42.0. The zero-order valence-electron chi connectivity index (χ0n) is 63.0. The van der Waals surface area contributed by atoms with E-state index in [0.717, 1.165) is 131 Å². The average Bonchev–Trinajstić information content (AvgIpc) is 0.871. The van der Waals surface area contributed by atoms with Crippen molar-refractivity contribution in [3.8, 4) is 0 Å². The van der Waals surface area contributed by atoms with E-state index in [0.29, 0.717) is 47.6 Å². The third-order valence-electron chi connectivity index (χ3n) is 17.1. The van der Waals surface area contributed by atoms with Crippen LogP contribution in [0.4, 0.5) is 92.2 Å². The maximum atomic E-state index is 13.6. The molecule has 0 saturated carbocycles. The van der Waals surface area contributed by atoms with Crippen molar-refractivity contribution in [1.29, 1.82) is 0 Å². The highest BCUT2D eigenvalue weighted by molar-refractivity contribution is 7.98. The van der Waals surface area contributed by atoms with Gasteiger partial charge in [0.2, 0.25) is 0 Å². The summed E-state index contributed by atoms with van der Waals surface area (Å²) in [6, 6.07) is 86.4. The smallest absolute Gasteiger partial charge is 0.207 e. The van der Waals surface area contributed by atoms with Gasteiger partial charge in [-0.2, -0.15) is 39.5 Å². The molecular formula is C95H64F21S5+5. The lowest BCUT2D eigenvalue weighted by Crippen LogP contribution is -2.09. The monoisotopic (exact) mass is 1760 g/mol. The van der Waals surface area contributed by atoms with Gasteiger partial charge in [-0.05, 0) is 159 Å². The summed E-state index contributed by atoms with van der Waals surface area (Å²) in [6.45, 7) is 3.92. The average molecular weight is 1760 g/mol. The molecule has 15 aromatic carbocycles. The molecule has 1 atom stereocenters. The number of rotatable bonds is 15. The maximum Gasteiger partial charge on any atom is 0.416 e. The van der Waals surface area contributed by atoms with Gasteiger partial charge >= 0.3 is 18.5 Å². The molecule has 26 heteroatoms. The summed E-state index contributed by atoms with van der Waals surface area (Å²) < 4.78 is 279. The Balaban J connectivity index is 0.000000148. The summed E-state index contributed by atoms with van der Waals surface area (Å²) in [5.41, 5.74) is 0.00828. The number of benzene rings is 15. The first-order chi connectivity index (χ1) is 57.6. The molecule has 0 aliphatic heterocycles. The minimum Gasteiger partial charge on any atom is -0.207 e. The van der Waals surface area contributed by atoms with Crippen molar-refractivity contribution in [3.05, 3.63) is 449 Å². The molecule has 0 N–H and O–H groups in total. The predicted molar refractivity (Wildman–Crippen MR) is 431 cm³/mol. The lowest BCUT2D eigenvalue weighted by atomic mass is 10.2. The van der Waals surface area contributed by atoms with E-state index >= 15 is 0 Å². The lowest BCUT2D eigenvalue weighted by Gasteiger charge is -2.11. The van der Waals surface area contributed by atoms with Gasteiger partial charge in [-0.1, -0.05) is 108 Å². The molecule has 15 rings (SSSR count). The van der Waals surface area contributed by atoms with Crippen LogP contribution in [0.1, 0.15) is 27.8 Å². The Bertz CT molecular complexity index is 5520. The highest BCUT2D eigenvalue weighted by Gasteiger charge is 2.39. The molecule has 0 fully saturated rings. The molecule has 1 unspecified atom stereocenters. The largest absolute Gasteiger partial charge is 0.416 e. The molecule has 0 aliphatic carbocycles. The summed E-state index contributed by atoms with van der Waals surface area (Å²) >= 11 is 0. The third kappa shape index (κ3) is 25.3. The minimum absolute atomic E-state index is 0.00694. The highest BCUT2D eigenvalue weighted by atomic mass is 32.2. The first kappa shape index (κ1) is 90.3. The van der Waals surface area contributed by atoms with Crippen molar-refractivity contribution in [3.63, 3.8) is 0 Å². The number of halogens is 21. The van der Waals surface area contributed by atoms with Crippen molar-refractivity contribution in [2.45, 2.75) is 106 Å². The molecule has 0 nitrogen and oxygen atoms in total. The number of alkyl halides is 9. The molecule has 0 aromatic heterocycles. The molecule has 616 valence electrons. The Morgan fingerprint density at radius 2 is 0.273 bits per heavy atom. The number of hydrogen-bond donors (Lipinski definition) is 0. The van der Waals surface area contributed by atoms with Crippen molar-refractivity contribution < 1.29 is 92.2 Å². The second-order valence-corrected chi connectivity index (χ2v) is 36.2. The predicted octanol–water partition coefficient (Wildman–Crippen LogP) is 29.3. The summed E-state index contributed by atoms with van der Waals surface area (Å²) in [4.78, 5) is 9.09. The SMILES string of the molecule is Cc1ccc([S+](c2ccc(C(F)(F)F)cc2)c2ccc(C(F)(F)F)cc2)cc1.Cc1ccc([S+](c2ccccc2)c2ccc(C(F)(F)F)cc2)cc1.Fc1cc(F)cc([S+](c2cc(F)cc(F)c2)c2cc(F)cc(F)c2)c1.Fc1cc(F)cc([S+](c2ccccc2)c2cc(F)cc(F)c2)c1.Fc1cc(F)cc([S+](c2ccccc2)c2ccccc2)c1. The summed E-state index contributed by atoms with van der Waals surface area (Å²) in [6.07, 6.45) is -13.2. The van der Waals surface area contributed by atoms with E-state index in [1.54, 1.807) is 42.5 Å². The normalized spacial score (nSPS) is 11.7. The highest BCUT2D eigenvalue weighted by Crippen LogP contribution is 2.41. The van der Waals surface area contributed by atoms with Gasteiger partial charge in [0.15, 0.2) is 73.4 Å². The van der Waals surface area contributed by atoms with Crippen LogP contribution in [0.25, 0.3) is 0 Å². The Kier molecular flexibility index (Phi) is 30.4. The van der Waals surface area contributed by atoms with Crippen molar-refractivity contribution in [2.75, 3.05) is 0 Å². The van der Waals surface area contributed by atoms with Crippen LogP contribution in [-0.4, -0.2) is 0 Å². The van der Waals surface area contributed by atoms with Crippen LogP contribution in [0, 0.1) is 83.7 Å². The zero-order chi connectivity index (χ0) is 86.9. The van der Waals surface area contributed by atoms with Crippen LogP contribution in [0.3, 0.4) is 0 Å².